The molecule has 3 aromatic rings. The van der Waals surface area contributed by atoms with Crippen LogP contribution < -0.4 is 24.6 Å². The molecule has 7 heteroatoms. The summed E-state index contributed by atoms with van der Waals surface area (Å²) in [5, 5.41) is 3.63. The summed E-state index contributed by atoms with van der Waals surface area (Å²) < 4.78 is 12.7. The zero-order valence-electron chi connectivity index (χ0n) is 28.1. The summed E-state index contributed by atoms with van der Waals surface area (Å²) in [6, 6.07) is 17.3. The van der Waals surface area contributed by atoms with Crippen LogP contribution in [-0.4, -0.2) is 57.1 Å². The average Bonchev–Trinajstić information content (AvgIpc) is 3.04. The minimum atomic E-state index is 0.357. The molecule has 0 amide bonds. The maximum Gasteiger partial charge on any atom is 0.143 e. The van der Waals surface area contributed by atoms with E-state index in [0.717, 1.165) is 95.9 Å². The predicted molar refractivity (Wildman–Crippen MR) is 190 cm³/mol. The number of anilines is 3. The van der Waals surface area contributed by atoms with E-state index in [0.29, 0.717) is 12.0 Å². The Morgan fingerprint density at radius 2 is 1.96 bits per heavy atom. The highest BCUT2D eigenvalue weighted by molar-refractivity contribution is 6.10. The molecule has 0 radical (unpaired) electrons. The monoisotopic (exact) mass is 607 g/mol. The molecule has 2 atom stereocenters. The van der Waals surface area contributed by atoms with Crippen LogP contribution in [0.3, 0.4) is 0 Å². The van der Waals surface area contributed by atoms with E-state index in [2.05, 4.69) is 111 Å². The second-order valence-corrected chi connectivity index (χ2v) is 12.4. The zero-order valence-corrected chi connectivity index (χ0v) is 28.1. The SMILES string of the molecule is C=CN(C)c1ccc(Oc2ccc(NC(=N/C=C/CC)c3cc4c(cc3C)OCC3CN(C)CCN43)cc2C)cc1C(C)CC. The van der Waals surface area contributed by atoms with E-state index in [4.69, 9.17) is 14.5 Å². The van der Waals surface area contributed by atoms with Crippen LogP contribution in [0.2, 0.25) is 0 Å². The first kappa shape index (κ1) is 32.2. The number of ether oxygens (including phenoxy) is 2. The topological polar surface area (TPSA) is 52.6 Å². The largest absolute Gasteiger partial charge is 0.489 e. The third-order valence-electron chi connectivity index (χ3n) is 8.99. The van der Waals surface area contributed by atoms with Crippen LogP contribution >= 0.6 is 0 Å². The van der Waals surface area contributed by atoms with Gasteiger partial charge in [-0.25, -0.2) is 4.99 Å². The van der Waals surface area contributed by atoms with Crippen molar-refractivity contribution in [3.8, 4) is 17.2 Å². The highest BCUT2D eigenvalue weighted by Gasteiger charge is 2.32. The molecule has 2 heterocycles. The molecule has 1 N–H and O–H groups in total. The van der Waals surface area contributed by atoms with Crippen LogP contribution in [0.5, 0.6) is 17.2 Å². The number of fused-ring (bicyclic) bond motifs is 3. The Morgan fingerprint density at radius 1 is 1.13 bits per heavy atom. The fourth-order valence-corrected chi connectivity index (χ4v) is 6.06. The molecule has 45 heavy (non-hydrogen) atoms. The molecule has 5 rings (SSSR count). The lowest BCUT2D eigenvalue weighted by Gasteiger charge is -2.45. The lowest BCUT2D eigenvalue weighted by molar-refractivity contribution is 0.188. The Hall–Kier alpha value is -4.23. The lowest BCUT2D eigenvalue weighted by atomic mass is 9.96. The Bertz CT molecular complexity index is 1580. The van der Waals surface area contributed by atoms with Gasteiger partial charge in [0.15, 0.2) is 0 Å². The third kappa shape index (κ3) is 7.20. The number of benzene rings is 3. The van der Waals surface area contributed by atoms with Gasteiger partial charge in [-0.3, -0.25) is 0 Å². The summed E-state index contributed by atoms with van der Waals surface area (Å²) in [4.78, 5) is 11.9. The second kappa shape index (κ2) is 14.2. The average molecular weight is 608 g/mol. The minimum Gasteiger partial charge on any atom is -0.489 e. The number of nitrogens with zero attached hydrogens (tertiary/aromatic N) is 4. The standard InChI is InChI=1S/C38H49N5O2/c1-9-12-17-39-38(33-23-35-37(21-27(33)5)44-25-30-24-41(7)18-19-43(30)35)40-29-13-16-36(28(6)20-29)45-31-14-15-34(42(8)11-3)32(22-31)26(4)10-2/h11-17,20-23,26,30H,3,9-10,18-19,24-25H2,1-2,4-8H3,(H,39,40)/b17-12+. The Balaban J connectivity index is 1.42. The molecule has 1 fully saturated rings. The fraction of sp³-hybridized carbons (Fsp3) is 0.395. The number of amidine groups is 1. The Morgan fingerprint density at radius 3 is 2.69 bits per heavy atom. The molecule has 0 spiro atoms. The molecule has 2 aliphatic rings. The van der Waals surface area contributed by atoms with Gasteiger partial charge in [0, 0.05) is 49.8 Å². The van der Waals surface area contributed by atoms with Crippen molar-refractivity contribution in [1.29, 1.82) is 0 Å². The number of nitrogens with one attached hydrogen (secondary N) is 1. The number of aryl methyl sites for hydroxylation is 2. The molecule has 1 saturated heterocycles. The van der Waals surface area contributed by atoms with Gasteiger partial charge in [-0.15, -0.1) is 0 Å². The molecule has 3 aromatic carbocycles. The van der Waals surface area contributed by atoms with Crippen LogP contribution in [-0.2, 0) is 0 Å². The van der Waals surface area contributed by atoms with Crippen molar-refractivity contribution < 1.29 is 9.47 Å². The summed E-state index contributed by atoms with van der Waals surface area (Å²) in [5.74, 6) is 3.83. The number of aliphatic imine (C=N–C) groups is 1. The van der Waals surface area contributed by atoms with E-state index in [1.165, 1.54) is 5.56 Å². The molecular formula is C38H49N5O2. The molecule has 238 valence electrons. The van der Waals surface area contributed by atoms with Crippen LogP contribution in [0.25, 0.3) is 0 Å². The van der Waals surface area contributed by atoms with E-state index in [1.54, 1.807) is 0 Å². The van der Waals surface area contributed by atoms with Gasteiger partial charge in [0.25, 0.3) is 0 Å². The number of hydrogen-bond donors (Lipinski definition) is 1. The van der Waals surface area contributed by atoms with Crippen molar-refractivity contribution in [2.45, 2.75) is 59.4 Å². The molecular weight excluding hydrogens is 558 g/mol. The number of piperazine rings is 1. The third-order valence-corrected chi connectivity index (χ3v) is 8.99. The number of allylic oxidation sites excluding steroid dienone is 1. The molecule has 2 unspecified atom stereocenters. The van der Waals surface area contributed by atoms with Crippen LogP contribution in [0, 0.1) is 13.8 Å². The fourth-order valence-electron chi connectivity index (χ4n) is 6.06. The van der Waals surface area contributed by atoms with Crippen molar-refractivity contribution in [2.24, 2.45) is 4.99 Å². The maximum absolute atomic E-state index is 6.44. The van der Waals surface area contributed by atoms with Crippen LogP contribution in [0.4, 0.5) is 17.1 Å². The van der Waals surface area contributed by atoms with E-state index in [1.807, 2.05) is 31.6 Å². The second-order valence-electron chi connectivity index (χ2n) is 12.4. The van der Waals surface area contributed by atoms with Crippen molar-refractivity contribution in [1.82, 2.24) is 4.90 Å². The molecule has 7 nitrogen and oxygen atoms in total. The quantitative estimate of drug-likeness (QED) is 0.184. The van der Waals surface area contributed by atoms with Crippen molar-refractivity contribution in [2.75, 3.05) is 55.5 Å². The summed E-state index contributed by atoms with van der Waals surface area (Å²) in [5.41, 5.74) is 7.74. The molecule has 0 aliphatic carbocycles. The normalized spacial score (nSPS) is 17.4. The summed E-state index contributed by atoms with van der Waals surface area (Å²) in [6.45, 7) is 18.5. The van der Waals surface area contributed by atoms with Gasteiger partial charge >= 0.3 is 0 Å². The number of likely N-dealkylation sites (N-methyl/N-ethyl adjacent to an activating group) is 1. The summed E-state index contributed by atoms with van der Waals surface area (Å²) >= 11 is 0. The predicted octanol–water partition coefficient (Wildman–Crippen LogP) is 8.48. The van der Waals surface area contributed by atoms with E-state index in [-0.39, 0.29) is 0 Å². The minimum absolute atomic E-state index is 0.357. The van der Waals surface area contributed by atoms with Gasteiger partial charge < -0.3 is 29.5 Å². The van der Waals surface area contributed by atoms with Crippen molar-refractivity contribution >= 4 is 22.9 Å². The summed E-state index contributed by atoms with van der Waals surface area (Å²) in [6.07, 6.45) is 7.78. The lowest BCUT2D eigenvalue weighted by Crippen LogP contribution is -2.56. The number of hydrogen-bond acceptors (Lipinski definition) is 6. The van der Waals surface area contributed by atoms with Gasteiger partial charge in [0.2, 0.25) is 0 Å². The van der Waals surface area contributed by atoms with Crippen molar-refractivity contribution in [3.05, 3.63) is 95.8 Å². The zero-order chi connectivity index (χ0) is 32.1. The van der Waals surface area contributed by atoms with Crippen LogP contribution in [0.1, 0.15) is 61.8 Å². The molecule has 0 bridgehead atoms. The smallest absolute Gasteiger partial charge is 0.143 e. The molecule has 0 aromatic heterocycles. The molecule has 2 aliphatic heterocycles. The van der Waals surface area contributed by atoms with Gasteiger partial charge in [-0.05, 0) is 111 Å². The first-order chi connectivity index (χ1) is 21.7. The summed E-state index contributed by atoms with van der Waals surface area (Å²) in [7, 11) is 4.21. The number of rotatable bonds is 10. The Kier molecular flexibility index (Phi) is 10.2. The van der Waals surface area contributed by atoms with Gasteiger partial charge in [-0.2, -0.15) is 0 Å². The first-order valence-corrected chi connectivity index (χ1v) is 16.2. The maximum atomic E-state index is 6.44. The van der Waals surface area contributed by atoms with Gasteiger partial charge in [0.1, 0.15) is 29.7 Å². The van der Waals surface area contributed by atoms with E-state index >= 15 is 0 Å². The van der Waals surface area contributed by atoms with E-state index < -0.39 is 0 Å². The highest BCUT2D eigenvalue weighted by atomic mass is 16.5. The van der Waals surface area contributed by atoms with Crippen molar-refractivity contribution in [3.63, 3.8) is 0 Å². The first-order valence-electron chi connectivity index (χ1n) is 16.2. The highest BCUT2D eigenvalue weighted by Crippen LogP contribution is 2.39. The van der Waals surface area contributed by atoms with Crippen LogP contribution in [0.15, 0.2) is 78.6 Å². The Labute approximate surface area is 269 Å². The van der Waals surface area contributed by atoms with Gasteiger partial charge in [-0.1, -0.05) is 33.4 Å². The van der Waals surface area contributed by atoms with E-state index in [9.17, 15) is 0 Å². The molecule has 0 saturated carbocycles. The van der Waals surface area contributed by atoms with Gasteiger partial charge in [0.05, 0.1) is 11.7 Å².